The molecular formula is C84H164O17P2. The average Bonchev–Trinajstić information content (AvgIpc) is 0.923. The van der Waals surface area contributed by atoms with E-state index in [1.807, 2.05) is 0 Å². The van der Waals surface area contributed by atoms with Crippen LogP contribution in [-0.2, 0) is 65.4 Å². The number of hydrogen-bond acceptors (Lipinski definition) is 15. The Morgan fingerprint density at radius 2 is 0.495 bits per heavy atom. The summed E-state index contributed by atoms with van der Waals surface area (Å²) in [5, 5.41) is 10.6. The molecule has 17 nitrogen and oxygen atoms in total. The fourth-order valence-electron chi connectivity index (χ4n) is 13.0. The van der Waals surface area contributed by atoms with Crippen LogP contribution in [0.2, 0.25) is 0 Å². The molecule has 0 aliphatic carbocycles. The molecule has 103 heavy (non-hydrogen) atoms. The molecule has 4 unspecified atom stereocenters. The predicted molar refractivity (Wildman–Crippen MR) is 423 cm³/mol. The number of ether oxygens (including phenoxy) is 4. The van der Waals surface area contributed by atoms with Crippen molar-refractivity contribution < 1.29 is 80.2 Å². The largest absolute Gasteiger partial charge is 0.472 e. The molecule has 0 saturated carbocycles. The second-order valence-electron chi connectivity index (χ2n) is 31.2. The van der Waals surface area contributed by atoms with E-state index < -0.39 is 97.5 Å². The summed E-state index contributed by atoms with van der Waals surface area (Å²) in [7, 11) is -9.92. The first-order valence-corrected chi connectivity index (χ1v) is 46.4. The minimum Gasteiger partial charge on any atom is -0.462 e. The maximum Gasteiger partial charge on any atom is 0.472 e. The Morgan fingerprint density at radius 1 is 0.282 bits per heavy atom. The van der Waals surface area contributed by atoms with Gasteiger partial charge in [0.15, 0.2) is 12.2 Å². The van der Waals surface area contributed by atoms with Crippen LogP contribution in [0.1, 0.15) is 440 Å². The molecule has 0 spiro atoms. The Kier molecular flexibility index (Phi) is 72.8. The van der Waals surface area contributed by atoms with E-state index in [1.54, 1.807) is 0 Å². The van der Waals surface area contributed by atoms with Crippen molar-refractivity contribution in [3.05, 3.63) is 0 Å². The molecule has 19 heteroatoms. The molecule has 0 heterocycles. The number of rotatable bonds is 82. The molecule has 0 aromatic heterocycles. The van der Waals surface area contributed by atoms with E-state index in [1.165, 1.54) is 244 Å². The topological polar surface area (TPSA) is 237 Å². The van der Waals surface area contributed by atoms with Gasteiger partial charge in [-0.2, -0.15) is 0 Å². The summed E-state index contributed by atoms with van der Waals surface area (Å²) < 4.78 is 68.7. The third-order valence-corrected chi connectivity index (χ3v) is 22.3. The van der Waals surface area contributed by atoms with E-state index >= 15 is 0 Å². The van der Waals surface area contributed by atoms with Gasteiger partial charge >= 0.3 is 39.5 Å². The van der Waals surface area contributed by atoms with Crippen molar-refractivity contribution in [2.45, 2.75) is 458 Å². The van der Waals surface area contributed by atoms with Gasteiger partial charge in [-0.05, 0) is 43.4 Å². The molecule has 0 bridgehead atoms. The molecule has 0 aromatic rings. The van der Waals surface area contributed by atoms with Crippen LogP contribution in [-0.4, -0.2) is 96.7 Å². The zero-order chi connectivity index (χ0) is 75.8. The van der Waals surface area contributed by atoms with E-state index in [9.17, 15) is 43.2 Å². The van der Waals surface area contributed by atoms with Crippen LogP contribution in [0.15, 0.2) is 0 Å². The van der Waals surface area contributed by atoms with E-state index in [0.29, 0.717) is 25.7 Å². The number of aliphatic hydroxyl groups is 1. The lowest BCUT2D eigenvalue weighted by Gasteiger charge is -2.21. The highest BCUT2D eigenvalue weighted by Crippen LogP contribution is 2.45. The summed E-state index contributed by atoms with van der Waals surface area (Å²) in [6.45, 7) is 11.9. The van der Waals surface area contributed by atoms with Crippen LogP contribution in [0, 0.1) is 17.8 Å². The SMILES string of the molecule is CCCCCCCCCCCCCCCCCCCCCCC(=O)OC[C@H](COP(=O)(O)OC[C@@H](O)COP(=O)(O)OC[C@@H](COC(=O)CCCCCCCCC(C)CC)OC(=O)CCCCCCCCCCC(C)C)OC(=O)CCCCCCCCCCCCCCCCCCCCC(C)CC. The van der Waals surface area contributed by atoms with Gasteiger partial charge in [-0.15, -0.1) is 0 Å². The normalized spacial score (nSPS) is 14.4. The minimum absolute atomic E-state index is 0.104. The Balaban J connectivity index is 5.20. The van der Waals surface area contributed by atoms with Crippen molar-refractivity contribution in [1.29, 1.82) is 0 Å². The van der Waals surface area contributed by atoms with Crippen LogP contribution >= 0.6 is 15.6 Å². The van der Waals surface area contributed by atoms with Crippen LogP contribution in [0.5, 0.6) is 0 Å². The summed E-state index contributed by atoms with van der Waals surface area (Å²) in [4.78, 5) is 73.0. The minimum atomic E-state index is -4.96. The maximum absolute atomic E-state index is 13.1. The van der Waals surface area contributed by atoms with E-state index in [4.69, 9.17) is 37.0 Å². The fraction of sp³-hybridized carbons (Fsp3) is 0.952. The number of carbonyl (C=O) groups excluding carboxylic acids is 4. The Labute approximate surface area is 632 Å². The molecule has 0 aliphatic heterocycles. The summed E-state index contributed by atoms with van der Waals surface area (Å²) in [5.41, 5.74) is 0. The summed E-state index contributed by atoms with van der Waals surface area (Å²) in [6, 6.07) is 0. The van der Waals surface area contributed by atoms with Crippen molar-refractivity contribution in [3.8, 4) is 0 Å². The summed E-state index contributed by atoms with van der Waals surface area (Å²) in [5.74, 6) is 0.208. The smallest absolute Gasteiger partial charge is 0.462 e. The molecule has 0 amide bonds. The highest BCUT2D eigenvalue weighted by Gasteiger charge is 2.30. The van der Waals surface area contributed by atoms with E-state index in [2.05, 4.69) is 48.5 Å². The van der Waals surface area contributed by atoms with Gasteiger partial charge in [-0.3, -0.25) is 37.3 Å². The molecule has 0 aliphatic rings. The van der Waals surface area contributed by atoms with Gasteiger partial charge in [0.05, 0.1) is 26.4 Å². The number of unbranched alkanes of at least 4 members (excludes halogenated alkanes) is 48. The van der Waals surface area contributed by atoms with Gasteiger partial charge in [0.1, 0.15) is 19.3 Å². The van der Waals surface area contributed by atoms with Gasteiger partial charge in [-0.1, -0.05) is 389 Å². The molecule has 3 N–H and O–H groups in total. The summed E-state index contributed by atoms with van der Waals surface area (Å²) in [6.07, 6.45) is 64.1. The van der Waals surface area contributed by atoms with Crippen molar-refractivity contribution in [2.24, 2.45) is 17.8 Å². The standard InChI is InChI=1S/C84H164O17P2/c1-8-11-12-13-14-15-16-17-18-19-20-21-25-28-31-34-37-43-51-58-65-81(86)94-71-79(100-83(88)67-60-53-44-38-35-32-29-26-23-22-24-27-30-33-36-42-49-56-63-76(6)9-2)73-98-102(90,91)96-69-78(85)70-97-103(92,93)99-74-80(72-95-82(87)66-59-52-47-46-50-57-64-77(7)10-3)101-84(89)68-61-54-45-40-39-41-48-55-62-75(4)5/h75-80,85H,8-74H2,1-7H3,(H,90,91)(H,92,93)/t76?,77?,78-,79-,80-/m1/s1. The van der Waals surface area contributed by atoms with Crippen LogP contribution in [0.25, 0.3) is 0 Å². The van der Waals surface area contributed by atoms with Crippen LogP contribution < -0.4 is 0 Å². The number of aliphatic hydroxyl groups excluding tert-OH is 1. The number of phosphoric ester groups is 2. The molecule has 0 radical (unpaired) electrons. The lowest BCUT2D eigenvalue weighted by molar-refractivity contribution is -0.161. The van der Waals surface area contributed by atoms with Crippen molar-refractivity contribution in [1.82, 2.24) is 0 Å². The first-order valence-electron chi connectivity index (χ1n) is 43.4. The number of esters is 4. The third kappa shape index (κ3) is 75.3. The van der Waals surface area contributed by atoms with Gasteiger partial charge in [0, 0.05) is 25.7 Å². The van der Waals surface area contributed by atoms with Crippen molar-refractivity contribution >= 4 is 39.5 Å². The number of carbonyl (C=O) groups is 4. The monoisotopic (exact) mass is 1510 g/mol. The van der Waals surface area contributed by atoms with Crippen LogP contribution in [0.4, 0.5) is 0 Å². The zero-order valence-corrected chi connectivity index (χ0v) is 69.6. The van der Waals surface area contributed by atoms with Gasteiger partial charge in [-0.25, -0.2) is 9.13 Å². The second-order valence-corrected chi connectivity index (χ2v) is 34.1. The molecule has 7 atom stereocenters. The molecular weight excluding hydrogens is 1340 g/mol. The van der Waals surface area contributed by atoms with E-state index in [0.717, 1.165) is 114 Å². The highest BCUT2D eigenvalue weighted by atomic mass is 31.2. The van der Waals surface area contributed by atoms with E-state index in [-0.39, 0.29) is 25.7 Å². The first kappa shape index (κ1) is 101. The quantitative estimate of drug-likeness (QED) is 0.0222. The Morgan fingerprint density at radius 3 is 0.738 bits per heavy atom. The first-order chi connectivity index (χ1) is 49.8. The lowest BCUT2D eigenvalue weighted by Crippen LogP contribution is -2.30. The number of hydrogen-bond donors (Lipinski definition) is 3. The second kappa shape index (κ2) is 74.2. The molecule has 0 saturated heterocycles. The highest BCUT2D eigenvalue weighted by molar-refractivity contribution is 7.47. The molecule has 0 rings (SSSR count). The lowest BCUT2D eigenvalue weighted by atomic mass is 9.99. The average molecular weight is 1510 g/mol. The Bertz CT molecular complexity index is 2000. The third-order valence-electron chi connectivity index (χ3n) is 20.4. The van der Waals surface area contributed by atoms with Gasteiger partial charge < -0.3 is 33.8 Å². The Hall–Kier alpha value is -1.94. The van der Waals surface area contributed by atoms with Crippen LogP contribution in [0.3, 0.4) is 0 Å². The predicted octanol–water partition coefficient (Wildman–Crippen LogP) is 25.3. The molecule has 0 fully saturated rings. The fourth-order valence-corrected chi connectivity index (χ4v) is 14.5. The molecule has 0 aromatic carbocycles. The number of phosphoric acid groups is 2. The zero-order valence-electron chi connectivity index (χ0n) is 67.8. The van der Waals surface area contributed by atoms with Crippen molar-refractivity contribution in [2.75, 3.05) is 39.6 Å². The van der Waals surface area contributed by atoms with Gasteiger partial charge in [0.2, 0.25) is 0 Å². The van der Waals surface area contributed by atoms with Gasteiger partial charge in [0.25, 0.3) is 0 Å². The molecule has 612 valence electrons. The maximum atomic E-state index is 13.1. The van der Waals surface area contributed by atoms with Crippen molar-refractivity contribution in [3.63, 3.8) is 0 Å². The summed E-state index contributed by atoms with van der Waals surface area (Å²) >= 11 is 0.